The van der Waals surface area contributed by atoms with Crippen LogP contribution in [0.4, 0.5) is 0 Å². The van der Waals surface area contributed by atoms with Crippen molar-refractivity contribution in [2.75, 3.05) is 13.7 Å². The lowest BCUT2D eigenvalue weighted by Gasteiger charge is -2.14. The molecule has 5 nitrogen and oxygen atoms in total. The smallest absolute Gasteiger partial charge is 0.330 e. The topological polar surface area (TPSA) is 75.6 Å². The Labute approximate surface area is 112 Å². The molecule has 1 rings (SSSR count). The molecule has 0 aromatic heterocycles. The van der Waals surface area contributed by atoms with Crippen molar-refractivity contribution in [3.63, 3.8) is 0 Å². The van der Waals surface area contributed by atoms with Gasteiger partial charge in [0.25, 0.3) is 0 Å². The first-order chi connectivity index (χ1) is 9.15. The molecule has 0 aliphatic rings. The first-order valence-corrected chi connectivity index (χ1v) is 6.21. The van der Waals surface area contributed by atoms with Gasteiger partial charge in [-0.2, -0.15) is 0 Å². The summed E-state index contributed by atoms with van der Waals surface area (Å²) in [6.45, 7) is 0.605. The van der Waals surface area contributed by atoms with Gasteiger partial charge in [0.2, 0.25) is 5.91 Å². The average molecular weight is 265 g/mol. The summed E-state index contributed by atoms with van der Waals surface area (Å²) < 4.78 is 4.89. The minimum Gasteiger partial charge on any atom is -0.479 e. The maximum atomic E-state index is 11.7. The quantitative estimate of drug-likeness (QED) is 0.702. The van der Waals surface area contributed by atoms with Gasteiger partial charge in [-0.15, -0.1) is 0 Å². The van der Waals surface area contributed by atoms with E-state index in [1.165, 1.54) is 0 Å². The number of rotatable bonds is 8. The molecule has 0 saturated heterocycles. The van der Waals surface area contributed by atoms with E-state index in [0.717, 1.165) is 6.42 Å². The van der Waals surface area contributed by atoms with E-state index < -0.39 is 12.0 Å². The number of carbonyl (C=O) groups excluding carboxylic acids is 1. The van der Waals surface area contributed by atoms with E-state index >= 15 is 0 Å². The molecule has 1 atom stereocenters. The van der Waals surface area contributed by atoms with Crippen LogP contribution in [0.1, 0.15) is 30.9 Å². The molecular formula is C14H19NO4. The Bertz CT molecular complexity index is 405. The number of nitrogens with one attached hydrogen (secondary N) is 1. The highest BCUT2D eigenvalue weighted by Gasteiger charge is 2.21. The fraction of sp³-hybridized carbons (Fsp3) is 0.429. The van der Waals surface area contributed by atoms with Gasteiger partial charge in [0.05, 0.1) is 0 Å². The fourth-order valence-electron chi connectivity index (χ4n) is 1.70. The van der Waals surface area contributed by atoms with Gasteiger partial charge in [-0.05, 0) is 18.4 Å². The Balaban J connectivity index is 2.51. The number of ether oxygens (including phenoxy) is 1. The minimum absolute atomic E-state index is 0.257. The van der Waals surface area contributed by atoms with Crippen molar-refractivity contribution < 1.29 is 19.4 Å². The third kappa shape index (κ3) is 5.52. The zero-order valence-corrected chi connectivity index (χ0v) is 11.0. The SMILES string of the molecule is COCCCCC(=O)N[C@@H](C(=O)O)c1ccccc1. The van der Waals surface area contributed by atoms with E-state index in [1.807, 2.05) is 0 Å². The summed E-state index contributed by atoms with van der Waals surface area (Å²) >= 11 is 0. The predicted molar refractivity (Wildman–Crippen MR) is 70.7 cm³/mol. The molecule has 0 heterocycles. The zero-order chi connectivity index (χ0) is 14.1. The molecule has 2 N–H and O–H groups in total. The first kappa shape index (κ1) is 15.2. The van der Waals surface area contributed by atoms with Crippen molar-refractivity contribution in [3.05, 3.63) is 35.9 Å². The van der Waals surface area contributed by atoms with Crippen LogP contribution >= 0.6 is 0 Å². The van der Waals surface area contributed by atoms with Crippen LogP contribution in [0, 0.1) is 0 Å². The molecule has 0 aliphatic heterocycles. The van der Waals surface area contributed by atoms with Crippen LogP contribution in [-0.4, -0.2) is 30.7 Å². The highest BCUT2D eigenvalue weighted by molar-refractivity contribution is 5.84. The number of amides is 1. The maximum Gasteiger partial charge on any atom is 0.330 e. The Hall–Kier alpha value is -1.88. The molecule has 5 heteroatoms. The molecule has 0 saturated carbocycles. The van der Waals surface area contributed by atoms with Gasteiger partial charge in [0, 0.05) is 20.1 Å². The van der Waals surface area contributed by atoms with E-state index in [1.54, 1.807) is 37.4 Å². The summed E-state index contributed by atoms with van der Waals surface area (Å²) in [5.74, 6) is -1.32. The van der Waals surface area contributed by atoms with Gasteiger partial charge in [-0.25, -0.2) is 4.79 Å². The number of carboxylic acids is 1. The van der Waals surface area contributed by atoms with Gasteiger partial charge < -0.3 is 15.2 Å². The molecule has 104 valence electrons. The van der Waals surface area contributed by atoms with E-state index in [9.17, 15) is 9.59 Å². The van der Waals surface area contributed by atoms with E-state index in [4.69, 9.17) is 9.84 Å². The van der Waals surface area contributed by atoms with Gasteiger partial charge in [-0.3, -0.25) is 4.79 Å². The molecule has 0 spiro atoms. The van der Waals surface area contributed by atoms with Crippen molar-refractivity contribution in [3.8, 4) is 0 Å². The maximum absolute atomic E-state index is 11.7. The Morgan fingerprint density at radius 3 is 2.53 bits per heavy atom. The second kappa shape index (κ2) is 8.26. The third-order valence-corrected chi connectivity index (χ3v) is 2.69. The highest BCUT2D eigenvalue weighted by atomic mass is 16.5. The molecule has 0 unspecified atom stereocenters. The van der Waals surface area contributed by atoms with Crippen LogP contribution in [0.5, 0.6) is 0 Å². The number of methoxy groups -OCH3 is 1. The van der Waals surface area contributed by atoms with Crippen LogP contribution in [0.2, 0.25) is 0 Å². The van der Waals surface area contributed by atoms with Crippen LogP contribution < -0.4 is 5.32 Å². The van der Waals surface area contributed by atoms with E-state index in [2.05, 4.69) is 5.32 Å². The lowest BCUT2D eigenvalue weighted by atomic mass is 10.1. The minimum atomic E-state index is -1.06. The number of carbonyl (C=O) groups is 2. The second-order valence-corrected chi connectivity index (χ2v) is 4.20. The van der Waals surface area contributed by atoms with Gasteiger partial charge in [-0.1, -0.05) is 30.3 Å². The largest absolute Gasteiger partial charge is 0.479 e. The zero-order valence-electron chi connectivity index (χ0n) is 11.0. The molecule has 1 aromatic carbocycles. The Kier molecular flexibility index (Phi) is 6.60. The summed E-state index contributed by atoms with van der Waals surface area (Å²) in [6.07, 6.45) is 1.77. The summed E-state index contributed by atoms with van der Waals surface area (Å²) in [7, 11) is 1.61. The number of hydrogen-bond donors (Lipinski definition) is 2. The van der Waals surface area contributed by atoms with Crippen molar-refractivity contribution in [2.24, 2.45) is 0 Å². The number of hydrogen-bond acceptors (Lipinski definition) is 3. The summed E-state index contributed by atoms with van der Waals surface area (Å²) in [5, 5.41) is 11.7. The molecule has 1 amide bonds. The van der Waals surface area contributed by atoms with Crippen LogP contribution in [0.15, 0.2) is 30.3 Å². The molecule has 19 heavy (non-hydrogen) atoms. The number of benzene rings is 1. The number of aliphatic carboxylic acids is 1. The highest BCUT2D eigenvalue weighted by Crippen LogP contribution is 2.13. The normalized spacial score (nSPS) is 11.8. The molecule has 0 radical (unpaired) electrons. The lowest BCUT2D eigenvalue weighted by Crippen LogP contribution is -2.33. The van der Waals surface area contributed by atoms with Gasteiger partial charge in [0.1, 0.15) is 0 Å². The molecule has 0 bridgehead atoms. The second-order valence-electron chi connectivity index (χ2n) is 4.20. The van der Waals surface area contributed by atoms with Gasteiger partial charge >= 0.3 is 5.97 Å². The standard InChI is InChI=1S/C14H19NO4/c1-19-10-6-5-9-12(16)15-13(14(17)18)11-7-3-2-4-8-11/h2-4,7-8,13H,5-6,9-10H2,1H3,(H,15,16)(H,17,18)/t13-/m1/s1. The molecule has 1 aromatic rings. The molecule has 0 aliphatic carbocycles. The average Bonchev–Trinajstić information content (AvgIpc) is 2.41. The third-order valence-electron chi connectivity index (χ3n) is 2.69. The Morgan fingerprint density at radius 1 is 1.26 bits per heavy atom. The predicted octanol–water partition coefficient (Wildman–Crippen LogP) is 1.75. The Morgan fingerprint density at radius 2 is 1.95 bits per heavy atom. The van der Waals surface area contributed by atoms with Crippen molar-refractivity contribution in [2.45, 2.75) is 25.3 Å². The summed E-state index contributed by atoms with van der Waals surface area (Å²) in [5.41, 5.74) is 0.570. The van der Waals surface area contributed by atoms with E-state index in [0.29, 0.717) is 25.0 Å². The van der Waals surface area contributed by atoms with E-state index in [-0.39, 0.29) is 5.91 Å². The first-order valence-electron chi connectivity index (χ1n) is 6.21. The van der Waals surface area contributed by atoms with Crippen LogP contribution in [-0.2, 0) is 14.3 Å². The van der Waals surface area contributed by atoms with Crippen LogP contribution in [0.25, 0.3) is 0 Å². The van der Waals surface area contributed by atoms with Crippen molar-refractivity contribution in [1.29, 1.82) is 0 Å². The fourth-order valence-corrected chi connectivity index (χ4v) is 1.70. The van der Waals surface area contributed by atoms with Gasteiger partial charge in [0.15, 0.2) is 6.04 Å². The summed E-state index contributed by atoms with van der Waals surface area (Å²) in [6, 6.07) is 7.67. The van der Waals surface area contributed by atoms with Crippen molar-refractivity contribution >= 4 is 11.9 Å². The van der Waals surface area contributed by atoms with Crippen LogP contribution in [0.3, 0.4) is 0 Å². The number of carboxylic acid groups (broad SMARTS) is 1. The summed E-state index contributed by atoms with van der Waals surface area (Å²) in [4.78, 5) is 22.9. The molecular weight excluding hydrogens is 246 g/mol. The monoisotopic (exact) mass is 265 g/mol. The van der Waals surface area contributed by atoms with Crippen molar-refractivity contribution in [1.82, 2.24) is 5.32 Å². The lowest BCUT2D eigenvalue weighted by molar-refractivity contribution is -0.142. The number of unbranched alkanes of at least 4 members (excludes halogenated alkanes) is 1. The molecule has 0 fully saturated rings.